The SMILES string of the molecule is CC(C1CC1)N1OC(c2ccccc2)(c2ccccc2)C1=O. The van der Waals surface area contributed by atoms with Crippen molar-refractivity contribution in [3.63, 3.8) is 0 Å². The number of hydrogen-bond acceptors (Lipinski definition) is 2. The van der Waals surface area contributed by atoms with Crippen molar-refractivity contribution < 1.29 is 9.63 Å². The third-order valence-electron chi connectivity index (χ3n) is 4.77. The molecule has 1 aliphatic carbocycles. The first-order valence-electron chi connectivity index (χ1n) is 7.87. The lowest BCUT2D eigenvalue weighted by Crippen LogP contribution is -2.65. The van der Waals surface area contributed by atoms with Gasteiger partial charge in [0.25, 0.3) is 5.91 Å². The lowest BCUT2D eigenvalue weighted by Gasteiger charge is -2.50. The molecular weight excluding hydrogens is 274 g/mol. The molecule has 3 nitrogen and oxygen atoms in total. The van der Waals surface area contributed by atoms with Gasteiger partial charge in [0.1, 0.15) is 0 Å². The fraction of sp³-hybridized carbons (Fsp3) is 0.316. The maximum absolute atomic E-state index is 13.1. The molecule has 0 radical (unpaired) electrons. The van der Waals surface area contributed by atoms with Gasteiger partial charge in [-0.1, -0.05) is 60.7 Å². The quantitative estimate of drug-likeness (QED) is 0.863. The van der Waals surface area contributed by atoms with Crippen LogP contribution in [-0.4, -0.2) is 17.0 Å². The molecule has 1 amide bonds. The van der Waals surface area contributed by atoms with Crippen molar-refractivity contribution in [3.8, 4) is 0 Å². The minimum atomic E-state index is -0.980. The Hall–Kier alpha value is -2.13. The highest BCUT2D eigenvalue weighted by Crippen LogP contribution is 2.47. The van der Waals surface area contributed by atoms with Crippen LogP contribution in [0, 0.1) is 5.92 Å². The molecule has 4 rings (SSSR count). The van der Waals surface area contributed by atoms with Crippen LogP contribution in [0.25, 0.3) is 0 Å². The van der Waals surface area contributed by atoms with E-state index in [4.69, 9.17) is 4.84 Å². The molecule has 1 aliphatic heterocycles. The topological polar surface area (TPSA) is 29.5 Å². The van der Waals surface area contributed by atoms with Crippen LogP contribution in [-0.2, 0) is 15.2 Å². The Morgan fingerprint density at radius 2 is 1.50 bits per heavy atom. The number of hydrogen-bond donors (Lipinski definition) is 0. The monoisotopic (exact) mass is 293 g/mol. The van der Waals surface area contributed by atoms with Crippen molar-refractivity contribution >= 4 is 5.91 Å². The van der Waals surface area contributed by atoms with Crippen molar-refractivity contribution in [2.24, 2.45) is 5.92 Å². The molecule has 0 aromatic heterocycles. The summed E-state index contributed by atoms with van der Waals surface area (Å²) in [4.78, 5) is 19.2. The van der Waals surface area contributed by atoms with Gasteiger partial charge in [-0.15, -0.1) is 0 Å². The molecule has 1 saturated carbocycles. The second-order valence-corrected chi connectivity index (χ2v) is 6.21. The van der Waals surface area contributed by atoms with Gasteiger partial charge in [0.2, 0.25) is 5.60 Å². The fourth-order valence-corrected chi connectivity index (χ4v) is 3.25. The Labute approximate surface area is 130 Å². The largest absolute Gasteiger partial charge is 0.290 e. The van der Waals surface area contributed by atoms with E-state index in [1.165, 1.54) is 12.8 Å². The first-order chi connectivity index (χ1) is 10.7. The van der Waals surface area contributed by atoms with E-state index >= 15 is 0 Å². The van der Waals surface area contributed by atoms with Gasteiger partial charge in [-0.2, -0.15) is 0 Å². The number of amides is 1. The Kier molecular flexibility index (Phi) is 3.05. The van der Waals surface area contributed by atoms with Gasteiger partial charge in [0.15, 0.2) is 0 Å². The molecule has 0 spiro atoms. The first-order valence-corrected chi connectivity index (χ1v) is 7.87. The van der Waals surface area contributed by atoms with Crippen LogP contribution in [0.3, 0.4) is 0 Å². The average molecular weight is 293 g/mol. The number of benzene rings is 2. The number of nitrogens with zero attached hydrogens (tertiary/aromatic N) is 1. The predicted octanol–water partition coefficient (Wildman–Crippen LogP) is 3.50. The third-order valence-corrected chi connectivity index (χ3v) is 4.77. The number of carbonyl (C=O) groups excluding carboxylic acids is 1. The van der Waals surface area contributed by atoms with Crippen LogP contribution in [0.1, 0.15) is 30.9 Å². The fourth-order valence-electron chi connectivity index (χ4n) is 3.25. The molecule has 3 heteroatoms. The number of hydroxylamine groups is 2. The zero-order valence-electron chi connectivity index (χ0n) is 12.6. The molecule has 1 saturated heterocycles. The van der Waals surface area contributed by atoms with Crippen LogP contribution in [0.5, 0.6) is 0 Å². The smallest absolute Gasteiger partial charge is 0.268 e. The van der Waals surface area contributed by atoms with Gasteiger partial charge >= 0.3 is 0 Å². The summed E-state index contributed by atoms with van der Waals surface area (Å²) in [5.41, 5.74) is 0.807. The minimum Gasteiger partial charge on any atom is -0.268 e. The minimum absolute atomic E-state index is 0.0456. The molecule has 2 aromatic carbocycles. The van der Waals surface area contributed by atoms with E-state index < -0.39 is 5.60 Å². The van der Waals surface area contributed by atoms with Gasteiger partial charge in [-0.25, -0.2) is 9.90 Å². The summed E-state index contributed by atoms with van der Waals surface area (Å²) in [6, 6.07) is 19.7. The lowest BCUT2D eigenvalue weighted by molar-refractivity contribution is -0.314. The normalized spacial score (nSPS) is 21.3. The molecule has 112 valence electrons. The van der Waals surface area contributed by atoms with E-state index in [-0.39, 0.29) is 11.9 Å². The van der Waals surface area contributed by atoms with Gasteiger partial charge in [-0.3, -0.25) is 4.79 Å². The van der Waals surface area contributed by atoms with Gasteiger partial charge in [0, 0.05) is 11.1 Å². The Balaban J connectivity index is 1.74. The van der Waals surface area contributed by atoms with E-state index in [9.17, 15) is 4.79 Å². The van der Waals surface area contributed by atoms with Gasteiger partial charge in [-0.05, 0) is 25.7 Å². The highest BCUT2D eigenvalue weighted by molar-refractivity contribution is 5.93. The van der Waals surface area contributed by atoms with Crippen LogP contribution in [0.15, 0.2) is 60.7 Å². The zero-order valence-corrected chi connectivity index (χ0v) is 12.6. The maximum atomic E-state index is 13.1. The number of carbonyl (C=O) groups is 1. The second-order valence-electron chi connectivity index (χ2n) is 6.21. The third kappa shape index (κ3) is 1.89. The van der Waals surface area contributed by atoms with Crippen molar-refractivity contribution in [1.82, 2.24) is 5.06 Å². The molecule has 2 aliphatic rings. The molecule has 0 bridgehead atoms. The van der Waals surface area contributed by atoms with E-state index in [0.29, 0.717) is 5.92 Å². The van der Waals surface area contributed by atoms with Crippen LogP contribution in [0.4, 0.5) is 0 Å². The van der Waals surface area contributed by atoms with E-state index in [1.54, 1.807) is 5.06 Å². The highest BCUT2D eigenvalue weighted by Gasteiger charge is 2.59. The number of rotatable bonds is 4. The predicted molar refractivity (Wildman–Crippen MR) is 83.8 cm³/mol. The first kappa shape index (κ1) is 13.5. The molecule has 2 aromatic rings. The second kappa shape index (κ2) is 4.96. The van der Waals surface area contributed by atoms with Crippen molar-refractivity contribution in [1.29, 1.82) is 0 Å². The van der Waals surface area contributed by atoms with Gasteiger partial charge < -0.3 is 0 Å². The highest BCUT2D eigenvalue weighted by atomic mass is 16.7. The summed E-state index contributed by atoms with van der Waals surface area (Å²) < 4.78 is 0. The molecule has 22 heavy (non-hydrogen) atoms. The lowest BCUT2D eigenvalue weighted by atomic mass is 9.82. The van der Waals surface area contributed by atoms with Gasteiger partial charge in [0.05, 0.1) is 6.04 Å². The summed E-state index contributed by atoms with van der Waals surface area (Å²) in [5.74, 6) is 0.637. The summed E-state index contributed by atoms with van der Waals surface area (Å²) in [6.07, 6.45) is 2.38. The maximum Gasteiger partial charge on any atom is 0.290 e. The summed E-state index contributed by atoms with van der Waals surface area (Å²) in [6.45, 7) is 2.08. The van der Waals surface area contributed by atoms with Crippen molar-refractivity contribution in [2.45, 2.75) is 31.4 Å². The standard InChI is InChI=1S/C19H19NO2/c1-14(15-12-13-15)20-18(21)19(22-20,16-8-4-2-5-9-16)17-10-6-3-7-11-17/h2-11,14-15H,12-13H2,1H3. The van der Waals surface area contributed by atoms with Crippen LogP contribution < -0.4 is 0 Å². The molecule has 0 N–H and O–H groups in total. The van der Waals surface area contributed by atoms with E-state index in [1.807, 2.05) is 60.7 Å². The van der Waals surface area contributed by atoms with E-state index in [2.05, 4.69) is 6.92 Å². The van der Waals surface area contributed by atoms with Crippen LogP contribution in [0.2, 0.25) is 0 Å². The van der Waals surface area contributed by atoms with Crippen molar-refractivity contribution in [2.75, 3.05) is 0 Å². The summed E-state index contributed by atoms with van der Waals surface area (Å²) in [7, 11) is 0. The molecular formula is C19H19NO2. The molecule has 2 fully saturated rings. The molecule has 1 atom stereocenters. The Morgan fingerprint density at radius 1 is 1.00 bits per heavy atom. The zero-order chi connectivity index (χ0) is 15.2. The van der Waals surface area contributed by atoms with E-state index in [0.717, 1.165) is 11.1 Å². The Morgan fingerprint density at radius 3 is 1.91 bits per heavy atom. The van der Waals surface area contributed by atoms with Crippen LogP contribution >= 0.6 is 0 Å². The summed E-state index contributed by atoms with van der Waals surface area (Å²) >= 11 is 0. The Bertz CT molecular complexity index is 640. The summed E-state index contributed by atoms with van der Waals surface area (Å²) in [5, 5.41) is 1.58. The van der Waals surface area contributed by atoms with Crippen molar-refractivity contribution in [3.05, 3.63) is 71.8 Å². The molecule has 1 heterocycles. The average Bonchev–Trinajstić information content (AvgIpc) is 3.41. The molecule has 1 unspecified atom stereocenters.